The van der Waals surface area contributed by atoms with Crippen LogP contribution in [0.25, 0.3) is 16.7 Å². The average molecular weight is 453 g/mol. The second-order valence-electron chi connectivity index (χ2n) is 8.06. The summed E-state index contributed by atoms with van der Waals surface area (Å²) < 4.78 is 8.07. The summed E-state index contributed by atoms with van der Waals surface area (Å²) in [5.41, 5.74) is 5.04. The summed E-state index contributed by atoms with van der Waals surface area (Å²) in [6.45, 7) is 4.01. The Balaban J connectivity index is 1.54. The lowest BCUT2D eigenvalue weighted by Crippen LogP contribution is -2.31. The molecule has 5 rings (SSSR count). The monoisotopic (exact) mass is 452 g/mol. The molecule has 6 heteroatoms. The fraction of sp³-hybridized carbons (Fsp3) is 0.240. The van der Waals surface area contributed by atoms with Crippen molar-refractivity contribution in [2.45, 2.75) is 39.2 Å². The third-order valence-electron chi connectivity index (χ3n) is 6.07. The molecule has 0 radical (unpaired) electrons. The van der Waals surface area contributed by atoms with Crippen molar-refractivity contribution in [3.8, 4) is 5.69 Å². The number of para-hydroxylation sites is 1. The number of aryl methyl sites for hydroxylation is 3. The molecule has 1 unspecified atom stereocenters. The van der Waals surface area contributed by atoms with Gasteiger partial charge in [0.25, 0.3) is 5.91 Å². The highest BCUT2D eigenvalue weighted by atomic mass is 35.5. The van der Waals surface area contributed by atoms with Crippen molar-refractivity contribution in [2.24, 2.45) is 0 Å². The maximum atomic E-state index is 13.4. The van der Waals surface area contributed by atoms with Crippen LogP contribution in [-0.2, 0) is 6.42 Å². The number of hydrogen-bond donors (Lipinski definition) is 1. The number of carbonyl (C=O) groups excluding carboxylic acids is 1. The molecule has 0 saturated carbocycles. The minimum atomic E-state index is -0.276. The summed E-state index contributed by atoms with van der Waals surface area (Å²) in [5.74, 6) is 0.671. The van der Waals surface area contributed by atoms with Crippen molar-refractivity contribution in [2.75, 3.05) is 0 Å². The molecule has 1 aliphatic carbocycles. The third-order valence-corrected chi connectivity index (χ3v) is 6.77. The molecule has 2 aromatic heterocycles. The summed E-state index contributed by atoms with van der Waals surface area (Å²) in [4.78, 5) is 13.4. The van der Waals surface area contributed by atoms with E-state index >= 15 is 0 Å². The summed E-state index contributed by atoms with van der Waals surface area (Å²) in [7, 11) is 0. The molecule has 1 aliphatic rings. The molecule has 4 aromatic rings. The number of halogens is 2. The van der Waals surface area contributed by atoms with Crippen LogP contribution in [0.15, 0.2) is 52.9 Å². The highest BCUT2D eigenvalue weighted by molar-refractivity contribution is 6.40. The van der Waals surface area contributed by atoms with Gasteiger partial charge in [0, 0.05) is 28.8 Å². The topological polar surface area (TPSA) is 47.2 Å². The van der Waals surface area contributed by atoms with Crippen LogP contribution >= 0.6 is 23.2 Å². The molecular weight excluding hydrogens is 431 g/mol. The van der Waals surface area contributed by atoms with E-state index in [4.69, 9.17) is 27.6 Å². The minimum absolute atomic E-state index is 0.147. The summed E-state index contributed by atoms with van der Waals surface area (Å²) in [6, 6.07) is 15.4. The van der Waals surface area contributed by atoms with E-state index in [-0.39, 0.29) is 11.9 Å². The Morgan fingerprint density at radius 1 is 1.06 bits per heavy atom. The minimum Gasteiger partial charge on any atom is -0.461 e. The van der Waals surface area contributed by atoms with Gasteiger partial charge in [-0.3, -0.25) is 4.79 Å². The van der Waals surface area contributed by atoms with Crippen LogP contribution in [0.4, 0.5) is 0 Å². The lowest BCUT2D eigenvalue weighted by molar-refractivity contribution is 0.0933. The average Bonchev–Trinajstić information content (AvgIpc) is 3.29. The number of furan rings is 1. The molecule has 2 aromatic carbocycles. The first-order chi connectivity index (χ1) is 15.0. The Hall–Kier alpha value is -2.69. The molecule has 0 aliphatic heterocycles. The number of hydrogen-bond acceptors (Lipinski definition) is 2. The molecule has 2 heterocycles. The molecule has 1 N–H and O–H groups in total. The molecule has 1 atom stereocenters. The molecule has 31 heavy (non-hydrogen) atoms. The van der Waals surface area contributed by atoms with Gasteiger partial charge < -0.3 is 14.3 Å². The first kappa shape index (κ1) is 20.2. The van der Waals surface area contributed by atoms with Crippen molar-refractivity contribution >= 4 is 40.1 Å². The Morgan fingerprint density at radius 3 is 2.58 bits per heavy atom. The number of nitrogens with one attached hydrogen (secondary N) is 1. The largest absolute Gasteiger partial charge is 0.461 e. The molecule has 158 valence electrons. The fourth-order valence-corrected chi connectivity index (χ4v) is 5.27. The molecule has 0 bridgehead atoms. The standard InChI is InChI=1S/C25H22Cl2N2O2/c1-14-10-11-15(2)29(14)19-13-12-17(26)23(24(19)27)25(30)28-18-7-5-9-21-22(18)16-6-3-4-8-20(16)31-21/h3-4,6,8,10-13,18H,5,7,9H2,1-2H3,(H,28,30). The lowest BCUT2D eigenvalue weighted by atomic mass is 9.90. The van der Waals surface area contributed by atoms with E-state index in [0.29, 0.717) is 15.6 Å². The molecule has 4 nitrogen and oxygen atoms in total. The smallest absolute Gasteiger partial charge is 0.254 e. The van der Waals surface area contributed by atoms with E-state index in [1.807, 2.05) is 60.9 Å². The van der Waals surface area contributed by atoms with Gasteiger partial charge in [0.2, 0.25) is 0 Å². The van der Waals surface area contributed by atoms with Crippen LogP contribution in [0.3, 0.4) is 0 Å². The SMILES string of the molecule is Cc1ccc(C)n1-c1ccc(Cl)c(C(=O)NC2CCCc3oc4ccccc4c32)c1Cl. The van der Waals surface area contributed by atoms with Crippen LogP contribution in [0.1, 0.15) is 52.0 Å². The zero-order valence-electron chi connectivity index (χ0n) is 17.3. The third kappa shape index (κ3) is 3.35. The van der Waals surface area contributed by atoms with Crippen LogP contribution in [0.2, 0.25) is 10.0 Å². The number of carbonyl (C=O) groups is 1. The van der Waals surface area contributed by atoms with Crippen LogP contribution in [0.5, 0.6) is 0 Å². The van der Waals surface area contributed by atoms with Gasteiger partial charge in [-0.15, -0.1) is 0 Å². The number of rotatable bonds is 3. The van der Waals surface area contributed by atoms with Gasteiger partial charge in [0.1, 0.15) is 11.3 Å². The van der Waals surface area contributed by atoms with Gasteiger partial charge in [-0.05, 0) is 57.0 Å². The van der Waals surface area contributed by atoms with E-state index in [9.17, 15) is 4.79 Å². The fourth-order valence-electron chi connectivity index (χ4n) is 4.64. The van der Waals surface area contributed by atoms with Gasteiger partial charge >= 0.3 is 0 Å². The predicted octanol–water partition coefficient (Wildman–Crippen LogP) is 6.95. The zero-order chi connectivity index (χ0) is 21.7. The Morgan fingerprint density at radius 2 is 1.81 bits per heavy atom. The van der Waals surface area contributed by atoms with Crippen molar-refractivity contribution in [3.63, 3.8) is 0 Å². The Bertz CT molecular complexity index is 1300. The molecule has 0 saturated heterocycles. The van der Waals surface area contributed by atoms with Gasteiger partial charge in [0.05, 0.1) is 27.3 Å². The second kappa shape index (κ2) is 7.77. The van der Waals surface area contributed by atoms with Gasteiger partial charge in [-0.25, -0.2) is 0 Å². The van der Waals surface area contributed by atoms with Crippen molar-refractivity contribution in [1.82, 2.24) is 9.88 Å². The number of benzene rings is 2. The van der Waals surface area contributed by atoms with Crippen molar-refractivity contribution < 1.29 is 9.21 Å². The van der Waals surface area contributed by atoms with Crippen molar-refractivity contribution in [1.29, 1.82) is 0 Å². The zero-order valence-corrected chi connectivity index (χ0v) is 18.8. The van der Waals surface area contributed by atoms with E-state index in [2.05, 4.69) is 5.32 Å². The lowest BCUT2D eigenvalue weighted by Gasteiger charge is -2.24. The van der Waals surface area contributed by atoms with Crippen LogP contribution < -0.4 is 5.32 Å². The van der Waals surface area contributed by atoms with Crippen molar-refractivity contribution in [3.05, 3.63) is 86.9 Å². The maximum Gasteiger partial charge on any atom is 0.254 e. The predicted molar refractivity (Wildman–Crippen MR) is 125 cm³/mol. The van der Waals surface area contributed by atoms with Crippen LogP contribution in [-0.4, -0.2) is 10.5 Å². The number of nitrogens with zero attached hydrogens (tertiary/aromatic N) is 1. The van der Waals surface area contributed by atoms with Gasteiger partial charge in [0.15, 0.2) is 0 Å². The van der Waals surface area contributed by atoms with E-state index < -0.39 is 0 Å². The maximum absolute atomic E-state index is 13.4. The van der Waals surface area contributed by atoms with E-state index in [1.54, 1.807) is 6.07 Å². The Labute approximate surface area is 190 Å². The number of aromatic nitrogens is 1. The first-order valence-corrected chi connectivity index (χ1v) is 11.2. The molecular formula is C25H22Cl2N2O2. The molecule has 0 fully saturated rings. The van der Waals surface area contributed by atoms with E-state index in [1.165, 1.54) is 0 Å². The van der Waals surface area contributed by atoms with E-state index in [0.717, 1.165) is 58.6 Å². The van der Waals surface area contributed by atoms with Crippen LogP contribution in [0, 0.1) is 13.8 Å². The highest BCUT2D eigenvalue weighted by Crippen LogP contribution is 2.39. The molecule has 0 spiro atoms. The number of amides is 1. The summed E-state index contributed by atoms with van der Waals surface area (Å²) in [6.07, 6.45) is 2.66. The van der Waals surface area contributed by atoms with Gasteiger partial charge in [-0.2, -0.15) is 0 Å². The molecule has 1 amide bonds. The quantitative estimate of drug-likeness (QED) is 0.365. The Kier molecular flexibility index (Phi) is 5.07. The normalized spacial score (nSPS) is 15.8. The summed E-state index contributed by atoms with van der Waals surface area (Å²) >= 11 is 13.2. The first-order valence-electron chi connectivity index (χ1n) is 10.4. The van der Waals surface area contributed by atoms with Gasteiger partial charge in [-0.1, -0.05) is 41.4 Å². The second-order valence-corrected chi connectivity index (χ2v) is 8.85. The number of fused-ring (bicyclic) bond motifs is 3. The highest BCUT2D eigenvalue weighted by Gasteiger charge is 2.29. The summed E-state index contributed by atoms with van der Waals surface area (Å²) in [5, 5.41) is 4.91.